The van der Waals surface area contributed by atoms with Crippen LogP contribution in [0, 0.1) is 6.92 Å². The molecule has 0 aliphatic heterocycles. The summed E-state index contributed by atoms with van der Waals surface area (Å²) in [6.45, 7) is 1.93. The van der Waals surface area contributed by atoms with E-state index in [0.717, 1.165) is 22.6 Å². The standard InChI is InChI=1S/C21H17F3N2O3S/c1-13-2-5-16(6-3-13)30-12-19(27)26-18-7-4-15(10-17(18)21(22,23)24)25-20(28)14-8-9-29-11-14/h2-11H,12H2,1H3,(H,25,28)(H,26,27). The Morgan fingerprint density at radius 3 is 2.40 bits per heavy atom. The molecule has 0 atom stereocenters. The summed E-state index contributed by atoms with van der Waals surface area (Å²) in [7, 11) is 0. The average Bonchev–Trinajstić information content (AvgIpc) is 3.23. The number of amides is 2. The van der Waals surface area contributed by atoms with Crippen molar-refractivity contribution in [2.45, 2.75) is 18.0 Å². The van der Waals surface area contributed by atoms with Crippen LogP contribution in [0.2, 0.25) is 0 Å². The van der Waals surface area contributed by atoms with Gasteiger partial charge in [-0.15, -0.1) is 11.8 Å². The maximum Gasteiger partial charge on any atom is 0.418 e. The van der Waals surface area contributed by atoms with Crippen molar-refractivity contribution in [2.75, 3.05) is 16.4 Å². The molecule has 0 bridgehead atoms. The lowest BCUT2D eigenvalue weighted by Crippen LogP contribution is -2.19. The van der Waals surface area contributed by atoms with Crippen LogP contribution in [-0.4, -0.2) is 17.6 Å². The van der Waals surface area contributed by atoms with Crippen LogP contribution in [0.3, 0.4) is 0 Å². The predicted octanol–water partition coefficient (Wildman–Crippen LogP) is 5.59. The lowest BCUT2D eigenvalue weighted by Gasteiger charge is -2.15. The number of carbonyl (C=O) groups is 2. The fourth-order valence-corrected chi connectivity index (χ4v) is 3.23. The lowest BCUT2D eigenvalue weighted by molar-refractivity contribution is -0.136. The van der Waals surface area contributed by atoms with Crippen LogP contribution in [0.25, 0.3) is 0 Å². The van der Waals surface area contributed by atoms with Crippen molar-refractivity contribution in [1.82, 2.24) is 0 Å². The number of alkyl halides is 3. The molecule has 1 heterocycles. The first-order chi connectivity index (χ1) is 14.2. The molecule has 0 unspecified atom stereocenters. The van der Waals surface area contributed by atoms with Gasteiger partial charge in [-0.25, -0.2) is 0 Å². The Bertz CT molecular complexity index is 1030. The molecule has 30 heavy (non-hydrogen) atoms. The molecule has 0 radical (unpaired) electrons. The highest BCUT2D eigenvalue weighted by molar-refractivity contribution is 8.00. The number of hydrogen-bond acceptors (Lipinski definition) is 4. The molecule has 2 amide bonds. The number of anilines is 2. The molecule has 156 valence electrons. The van der Waals surface area contributed by atoms with Crippen molar-refractivity contribution in [2.24, 2.45) is 0 Å². The van der Waals surface area contributed by atoms with Crippen LogP contribution in [0.1, 0.15) is 21.5 Å². The van der Waals surface area contributed by atoms with Crippen molar-refractivity contribution < 1.29 is 27.2 Å². The van der Waals surface area contributed by atoms with Crippen molar-refractivity contribution >= 4 is 35.0 Å². The molecule has 0 saturated carbocycles. The summed E-state index contributed by atoms with van der Waals surface area (Å²) in [5.41, 5.74) is -0.243. The molecule has 0 aliphatic rings. The second-order valence-corrected chi connectivity index (χ2v) is 7.42. The van der Waals surface area contributed by atoms with Gasteiger partial charge in [0.2, 0.25) is 5.91 Å². The molecule has 1 aromatic heterocycles. The van der Waals surface area contributed by atoms with E-state index in [1.165, 1.54) is 36.4 Å². The first kappa shape index (κ1) is 21.5. The zero-order chi connectivity index (χ0) is 21.7. The molecular formula is C21H17F3N2O3S. The SMILES string of the molecule is Cc1ccc(SCC(=O)Nc2ccc(NC(=O)c3ccoc3)cc2C(F)(F)F)cc1. The van der Waals surface area contributed by atoms with Gasteiger partial charge in [-0.2, -0.15) is 13.2 Å². The summed E-state index contributed by atoms with van der Waals surface area (Å²) in [4.78, 5) is 25.0. The van der Waals surface area contributed by atoms with Gasteiger partial charge in [0.15, 0.2) is 0 Å². The van der Waals surface area contributed by atoms with Gasteiger partial charge in [0.1, 0.15) is 6.26 Å². The van der Waals surface area contributed by atoms with Gasteiger partial charge in [0.05, 0.1) is 28.8 Å². The van der Waals surface area contributed by atoms with Crippen LogP contribution in [-0.2, 0) is 11.0 Å². The normalized spacial score (nSPS) is 11.2. The minimum Gasteiger partial charge on any atom is -0.472 e. The number of aryl methyl sites for hydroxylation is 1. The van der Waals surface area contributed by atoms with Gasteiger partial charge in [-0.05, 0) is 43.3 Å². The third kappa shape index (κ3) is 5.66. The Kier molecular flexibility index (Phi) is 6.51. The molecule has 2 aromatic carbocycles. The van der Waals surface area contributed by atoms with E-state index in [4.69, 9.17) is 4.42 Å². The fraction of sp³-hybridized carbons (Fsp3) is 0.143. The van der Waals surface area contributed by atoms with E-state index in [1.54, 1.807) is 0 Å². The number of rotatable bonds is 6. The van der Waals surface area contributed by atoms with E-state index in [2.05, 4.69) is 10.6 Å². The molecule has 0 fully saturated rings. The number of hydrogen-bond donors (Lipinski definition) is 2. The van der Waals surface area contributed by atoms with Gasteiger partial charge >= 0.3 is 6.18 Å². The summed E-state index contributed by atoms with van der Waals surface area (Å²) in [5, 5.41) is 4.67. The topological polar surface area (TPSA) is 71.3 Å². The second-order valence-electron chi connectivity index (χ2n) is 6.37. The molecule has 0 aliphatic carbocycles. The smallest absolute Gasteiger partial charge is 0.418 e. The van der Waals surface area contributed by atoms with E-state index >= 15 is 0 Å². The third-order valence-corrected chi connectivity index (χ3v) is 5.04. The average molecular weight is 434 g/mol. The summed E-state index contributed by atoms with van der Waals surface area (Å²) in [5.74, 6) is -1.22. The van der Waals surface area contributed by atoms with Crippen molar-refractivity contribution in [3.05, 3.63) is 77.7 Å². The quantitative estimate of drug-likeness (QED) is 0.496. The van der Waals surface area contributed by atoms with Gasteiger partial charge in [0.25, 0.3) is 5.91 Å². The van der Waals surface area contributed by atoms with E-state index < -0.39 is 23.6 Å². The van der Waals surface area contributed by atoms with E-state index in [-0.39, 0.29) is 22.7 Å². The fourth-order valence-electron chi connectivity index (χ4n) is 2.53. The number of thioether (sulfide) groups is 1. The summed E-state index contributed by atoms with van der Waals surface area (Å²) in [6, 6.07) is 12.0. The van der Waals surface area contributed by atoms with Gasteiger partial charge < -0.3 is 15.1 Å². The van der Waals surface area contributed by atoms with Crippen molar-refractivity contribution in [3.8, 4) is 0 Å². The molecule has 9 heteroatoms. The largest absolute Gasteiger partial charge is 0.472 e. The van der Waals surface area contributed by atoms with E-state index in [9.17, 15) is 22.8 Å². The maximum absolute atomic E-state index is 13.5. The zero-order valence-corrected chi connectivity index (χ0v) is 16.6. The van der Waals surface area contributed by atoms with Crippen LogP contribution in [0.15, 0.2) is 70.4 Å². The minimum atomic E-state index is -4.72. The van der Waals surface area contributed by atoms with Crippen LogP contribution < -0.4 is 10.6 Å². The molecule has 3 rings (SSSR count). The highest BCUT2D eigenvalue weighted by atomic mass is 32.2. The maximum atomic E-state index is 13.5. The monoisotopic (exact) mass is 434 g/mol. The summed E-state index contributed by atoms with van der Waals surface area (Å²) in [6.07, 6.45) is -2.26. The highest BCUT2D eigenvalue weighted by Crippen LogP contribution is 2.37. The van der Waals surface area contributed by atoms with Crippen molar-refractivity contribution in [1.29, 1.82) is 0 Å². The predicted molar refractivity (Wildman–Crippen MR) is 109 cm³/mol. The number of benzene rings is 2. The van der Waals surface area contributed by atoms with Gasteiger partial charge in [0, 0.05) is 10.6 Å². The Hall–Kier alpha value is -3.20. The number of carbonyl (C=O) groups excluding carboxylic acids is 2. The molecule has 3 aromatic rings. The van der Waals surface area contributed by atoms with Crippen molar-refractivity contribution in [3.63, 3.8) is 0 Å². The van der Waals surface area contributed by atoms with Gasteiger partial charge in [-0.3, -0.25) is 9.59 Å². The highest BCUT2D eigenvalue weighted by Gasteiger charge is 2.34. The first-order valence-electron chi connectivity index (χ1n) is 8.76. The number of halogens is 3. The molecule has 0 saturated heterocycles. The molecule has 5 nitrogen and oxygen atoms in total. The second kappa shape index (κ2) is 9.08. The van der Waals surface area contributed by atoms with E-state index in [1.807, 2.05) is 31.2 Å². The Labute approximate surface area is 174 Å². The Balaban J connectivity index is 1.71. The van der Waals surface area contributed by atoms with Crippen LogP contribution in [0.5, 0.6) is 0 Å². The number of furan rings is 1. The molecule has 2 N–H and O–H groups in total. The summed E-state index contributed by atoms with van der Waals surface area (Å²) < 4.78 is 45.3. The number of nitrogens with one attached hydrogen (secondary N) is 2. The first-order valence-corrected chi connectivity index (χ1v) is 9.75. The van der Waals surface area contributed by atoms with E-state index in [0.29, 0.717) is 0 Å². The minimum absolute atomic E-state index is 0.0423. The third-order valence-electron chi connectivity index (χ3n) is 4.03. The van der Waals surface area contributed by atoms with Crippen LogP contribution >= 0.6 is 11.8 Å². The summed E-state index contributed by atoms with van der Waals surface area (Å²) >= 11 is 1.22. The molecule has 0 spiro atoms. The Morgan fingerprint density at radius 1 is 1.03 bits per heavy atom. The Morgan fingerprint density at radius 2 is 1.77 bits per heavy atom. The molecular weight excluding hydrogens is 417 g/mol. The zero-order valence-electron chi connectivity index (χ0n) is 15.7. The lowest BCUT2D eigenvalue weighted by atomic mass is 10.1. The van der Waals surface area contributed by atoms with Crippen LogP contribution in [0.4, 0.5) is 24.5 Å². The van der Waals surface area contributed by atoms with Gasteiger partial charge in [-0.1, -0.05) is 17.7 Å².